The molecule has 0 saturated carbocycles. The van der Waals surface area contributed by atoms with Crippen LogP contribution < -0.4 is 5.73 Å². The minimum atomic E-state index is -4.72. The normalized spacial score (nSPS) is 13.5. The number of allylic oxidation sites excluding steroid dienone is 2. The standard InChI is InChI=1S/C53H102NO10P/c1-3-5-7-9-11-13-15-17-19-21-23-25-27-28-30-32-34-36-38-40-42-44-51(55)61-46-49(47-62-65(59,60)63-48-50(54)53(57)58)64-52(56)45-43-41-39-37-35-33-31-29-26-24-22-20-18-16-14-12-10-8-6-4-2/h17,19,49-50H,3-16,18,20-48,54H2,1-2H3,(H,57,58)(H,59,60)/b19-17+/t49-,50+/m1/s1. The molecular weight excluding hydrogens is 842 g/mol. The van der Waals surface area contributed by atoms with Gasteiger partial charge in [-0.25, -0.2) is 4.57 Å². The molecule has 0 spiro atoms. The Morgan fingerprint density at radius 1 is 0.462 bits per heavy atom. The summed E-state index contributed by atoms with van der Waals surface area (Å²) in [7, 11) is -4.72. The summed E-state index contributed by atoms with van der Waals surface area (Å²) in [5, 5.41) is 8.93. The van der Waals surface area contributed by atoms with Gasteiger partial charge in [0, 0.05) is 12.8 Å². The third-order valence-electron chi connectivity index (χ3n) is 12.3. The molecular formula is C53H102NO10P. The van der Waals surface area contributed by atoms with Gasteiger partial charge in [-0.1, -0.05) is 238 Å². The van der Waals surface area contributed by atoms with Crippen molar-refractivity contribution in [1.82, 2.24) is 0 Å². The highest BCUT2D eigenvalue weighted by Crippen LogP contribution is 2.43. The molecule has 0 bridgehead atoms. The Morgan fingerprint density at radius 2 is 0.769 bits per heavy atom. The molecule has 11 nitrogen and oxygen atoms in total. The second-order valence-corrected chi connectivity index (χ2v) is 20.2. The van der Waals surface area contributed by atoms with Crippen molar-refractivity contribution in [3.8, 4) is 0 Å². The number of phosphoric acid groups is 1. The van der Waals surface area contributed by atoms with E-state index in [2.05, 4.69) is 26.0 Å². The first kappa shape index (κ1) is 63.2. The zero-order valence-corrected chi connectivity index (χ0v) is 43.0. The van der Waals surface area contributed by atoms with Crippen molar-refractivity contribution in [1.29, 1.82) is 0 Å². The van der Waals surface area contributed by atoms with Gasteiger partial charge in [-0.05, 0) is 38.5 Å². The van der Waals surface area contributed by atoms with Crippen LogP contribution in [0.25, 0.3) is 0 Å². The highest BCUT2D eigenvalue weighted by atomic mass is 31.2. The predicted molar refractivity (Wildman–Crippen MR) is 268 cm³/mol. The molecule has 0 aliphatic rings. The average Bonchev–Trinajstić information content (AvgIpc) is 3.28. The number of esters is 2. The Morgan fingerprint density at radius 3 is 1.12 bits per heavy atom. The molecule has 3 atom stereocenters. The molecule has 0 amide bonds. The van der Waals surface area contributed by atoms with E-state index in [4.69, 9.17) is 29.4 Å². The molecule has 0 aromatic carbocycles. The van der Waals surface area contributed by atoms with Gasteiger partial charge in [-0.3, -0.25) is 23.4 Å². The maximum absolute atomic E-state index is 12.7. The van der Waals surface area contributed by atoms with Crippen molar-refractivity contribution in [3.05, 3.63) is 12.2 Å². The molecule has 65 heavy (non-hydrogen) atoms. The van der Waals surface area contributed by atoms with E-state index in [-0.39, 0.29) is 19.4 Å². The number of carboxylic acids is 1. The van der Waals surface area contributed by atoms with Crippen LogP contribution in [0.3, 0.4) is 0 Å². The molecule has 0 aromatic heterocycles. The number of unbranched alkanes of at least 4 members (excludes halogenated alkanes) is 36. The van der Waals surface area contributed by atoms with Gasteiger partial charge in [-0.2, -0.15) is 0 Å². The Hall–Kier alpha value is -1.78. The molecule has 0 aliphatic heterocycles. The molecule has 0 aliphatic carbocycles. The Kier molecular flexibility index (Phi) is 47.3. The molecule has 0 fully saturated rings. The molecule has 0 radical (unpaired) electrons. The molecule has 384 valence electrons. The van der Waals surface area contributed by atoms with E-state index in [1.165, 1.54) is 199 Å². The number of hydrogen-bond acceptors (Lipinski definition) is 9. The van der Waals surface area contributed by atoms with Gasteiger partial charge in [0.15, 0.2) is 6.10 Å². The number of carbonyl (C=O) groups is 3. The van der Waals surface area contributed by atoms with E-state index < -0.39 is 51.1 Å². The van der Waals surface area contributed by atoms with Crippen molar-refractivity contribution >= 4 is 25.7 Å². The number of rotatable bonds is 52. The fraction of sp³-hybridized carbons (Fsp3) is 0.906. The molecule has 0 saturated heterocycles. The number of hydrogen-bond donors (Lipinski definition) is 3. The lowest BCUT2D eigenvalue weighted by Crippen LogP contribution is -2.34. The number of carboxylic acid groups (broad SMARTS) is 1. The zero-order valence-electron chi connectivity index (χ0n) is 42.1. The zero-order chi connectivity index (χ0) is 47.7. The van der Waals surface area contributed by atoms with Crippen LogP contribution in [-0.4, -0.2) is 59.9 Å². The molecule has 1 unspecified atom stereocenters. The fourth-order valence-electron chi connectivity index (χ4n) is 8.00. The van der Waals surface area contributed by atoms with Crippen LogP contribution in [0.2, 0.25) is 0 Å². The van der Waals surface area contributed by atoms with E-state index in [0.29, 0.717) is 12.8 Å². The summed E-state index contributed by atoms with van der Waals surface area (Å²) < 4.78 is 32.9. The van der Waals surface area contributed by atoms with E-state index in [0.717, 1.165) is 38.5 Å². The predicted octanol–water partition coefficient (Wildman–Crippen LogP) is 15.6. The number of phosphoric ester groups is 1. The number of aliphatic carboxylic acids is 1. The van der Waals surface area contributed by atoms with Gasteiger partial charge in [0.2, 0.25) is 0 Å². The van der Waals surface area contributed by atoms with Crippen LogP contribution >= 0.6 is 7.82 Å². The van der Waals surface area contributed by atoms with Gasteiger partial charge in [0.05, 0.1) is 13.2 Å². The molecule has 4 N–H and O–H groups in total. The molecule has 0 aromatic rings. The summed E-state index contributed by atoms with van der Waals surface area (Å²) in [6.07, 6.45) is 52.7. The second kappa shape index (κ2) is 48.7. The topological polar surface area (TPSA) is 172 Å². The van der Waals surface area contributed by atoms with E-state index in [1.54, 1.807) is 0 Å². The van der Waals surface area contributed by atoms with Crippen molar-refractivity contribution in [3.63, 3.8) is 0 Å². The fourth-order valence-corrected chi connectivity index (χ4v) is 8.78. The Labute approximate surface area is 398 Å². The quantitative estimate of drug-likeness (QED) is 0.0229. The third kappa shape index (κ3) is 48.5. The van der Waals surface area contributed by atoms with E-state index >= 15 is 0 Å². The van der Waals surface area contributed by atoms with Crippen LogP contribution in [0.15, 0.2) is 12.2 Å². The summed E-state index contributed by atoms with van der Waals surface area (Å²) in [5.74, 6) is -2.35. The Balaban J connectivity index is 4.17. The first-order chi connectivity index (χ1) is 31.6. The van der Waals surface area contributed by atoms with Crippen molar-refractivity contribution in [2.75, 3.05) is 19.8 Å². The number of nitrogens with two attached hydrogens (primary N) is 1. The summed E-state index contributed by atoms with van der Waals surface area (Å²) >= 11 is 0. The lowest BCUT2D eigenvalue weighted by Gasteiger charge is -2.20. The molecule has 12 heteroatoms. The maximum Gasteiger partial charge on any atom is 0.472 e. The van der Waals surface area contributed by atoms with Crippen LogP contribution in [0.5, 0.6) is 0 Å². The number of carbonyl (C=O) groups excluding carboxylic acids is 2. The second-order valence-electron chi connectivity index (χ2n) is 18.7. The lowest BCUT2D eigenvalue weighted by atomic mass is 10.0. The Bertz CT molecular complexity index is 1150. The van der Waals surface area contributed by atoms with Crippen LogP contribution in [0, 0.1) is 0 Å². The van der Waals surface area contributed by atoms with Crippen LogP contribution in [0.1, 0.15) is 277 Å². The first-order valence-corrected chi connectivity index (χ1v) is 28.7. The number of ether oxygens (including phenoxy) is 2. The minimum Gasteiger partial charge on any atom is -0.480 e. The summed E-state index contributed by atoms with van der Waals surface area (Å²) in [6, 6.07) is -1.52. The van der Waals surface area contributed by atoms with Gasteiger partial charge in [-0.15, -0.1) is 0 Å². The van der Waals surface area contributed by atoms with Gasteiger partial charge >= 0.3 is 25.7 Å². The minimum absolute atomic E-state index is 0.168. The van der Waals surface area contributed by atoms with Crippen molar-refractivity contribution < 1.29 is 47.5 Å². The molecule has 0 rings (SSSR count). The van der Waals surface area contributed by atoms with Crippen LogP contribution in [-0.2, 0) is 37.5 Å². The first-order valence-electron chi connectivity index (χ1n) is 27.2. The molecule has 0 heterocycles. The highest BCUT2D eigenvalue weighted by molar-refractivity contribution is 7.47. The van der Waals surface area contributed by atoms with Gasteiger partial charge in [0.1, 0.15) is 12.6 Å². The third-order valence-corrected chi connectivity index (χ3v) is 13.2. The largest absolute Gasteiger partial charge is 0.480 e. The maximum atomic E-state index is 12.7. The highest BCUT2D eigenvalue weighted by Gasteiger charge is 2.28. The van der Waals surface area contributed by atoms with Gasteiger partial charge in [0.25, 0.3) is 0 Å². The van der Waals surface area contributed by atoms with Gasteiger partial charge < -0.3 is 25.2 Å². The summed E-state index contributed by atoms with van der Waals surface area (Å²) in [4.78, 5) is 46.2. The van der Waals surface area contributed by atoms with E-state index in [9.17, 15) is 23.8 Å². The monoisotopic (exact) mass is 944 g/mol. The van der Waals surface area contributed by atoms with Crippen molar-refractivity contribution in [2.45, 2.75) is 289 Å². The lowest BCUT2D eigenvalue weighted by molar-refractivity contribution is -0.161. The van der Waals surface area contributed by atoms with Crippen LogP contribution in [0.4, 0.5) is 0 Å². The average molecular weight is 944 g/mol. The SMILES string of the molecule is CCCCCCCC/C=C/CCCCCCCCCCCCCC(=O)OC[C@H](COP(=O)(O)OC[C@H](N)C(=O)O)OC(=O)CCCCCCCCCCCCCCCCCCCCCC. The van der Waals surface area contributed by atoms with E-state index in [1.807, 2.05) is 0 Å². The summed E-state index contributed by atoms with van der Waals surface area (Å²) in [5.41, 5.74) is 5.36. The smallest absolute Gasteiger partial charge is 0.472 e. The van der Waals surface area contributed by atoms with Crippen molar-refractivity contribution in [2.24, 2.45) is 5.73 Å². The summed E-state index contributed by atoms with van der Waals surface area (Å²) in [6.45, 7) is 2.87.